The summed E-state index contributed by atoms with van der Waals surface area (Å²) >= 11 is 1.53. The fourth-order valence-electron chi connectivity index (χ4n) is 1.78. The fraction of sp³-hybridized carbons (Fsp3) is 0.750. The van der Waals surface area contributed by atoms with Gasteiger partial charge in [0.15, 0.2) is 0 Å². The Morgan fingerprint density at radius 1 is 1.32 bits per heavy atom. The number of nitrogens with one attached hydrogen (secondary N) is 2. The van der Waals surface area contributed by atoms with E-state index >= 15 is 0 Å². The van der Waals surface area contributed by atoms with Crippen LogP contribution in [0.1, 0.15) is 31.4 Å². The lowest BCUT2D eigenvalue weighted by molar-refractivity contribution is 0.573. The standard InChI is InChI=1S/C12H21N3O2S2/c16-19(17,8-2-1-6-13-11-3-4-11)15-7-5-12-9-18-10-14-12/h9-11,13,15H,1-8H2. The van der Waals surface area contributed by atoms with Crippen molar-refractivity contribution in [3.8, 4) is 0 Å². The molecule has 1 aliphatic carbocycles. The second-order valence-corrected chi connectivity index (χ2v) is 7.52. The molecule has 1 aromatic rings. The number of nitrogens with zero attached hydrogens (tertiary/aromatic N) is 1. The van der Waals surface area contributed by atoms with Crippen LogP contribution >= 0.6 is 11.3 Å². The van der Waals surface area contributed by atoms with Gasteiger partial charge in [0.2, 0.25) is 10.0 Å². The summed E-state index contributed by atoms with van der Waals surface area (Å²) in [6.07, 6.45) is 4.84. The summed E-state index contributed by atoms with van der Waals surface area (Å²) in [6, 6.07) is 0.702. The highest BCUT2D eigenvalue weighted by atomic mass is 32.2. The average Bonchev–Trinajstić information content (AvgIpc) is 3.04. The average molecular weight is 303 g/mol. The van der Waals surface area contributed by atoms with E-state index in [-0.39, 0.29) is 5.75 Å². The van der Waals surface area contributed by atoms with E-state index in [2.05, 4.69) is 15.0 Å². The lowest BCUT2D eigenvalue weighted by Gasteiger charge is -2.06. The van der Waals surface area contributed by atoms with Crippen molar-refractivity contribution < 1.29 is 8.42 Å². The summed E-state index contributed by atoms with van der Waals surface area (Å²) in [7, 11) is -3.12. The highest BCUT2D eigenvalue weighted by Gasteiger charge is 2.19. The van der Waals surface area contributed by atoms with Crippen molar-refractivity contribution in [2.24, 2.45) is 0 Å². The summed E-state index contributed by atoms with van der Waals surface area (Å²) in [5.74, 6) is 0.219. The highest BCUT2D eigenvalue weighted by Crippen LogP contribution is 2.18. The molecule has 0 radical (unpaired) electrons. The van der Waals surface area contributed by atoms with Gasteiger partial charge >= 0.3 is 0 Å². The Morgan fingerprint density at radius 2 is 2.16 bits per heavy atom. The van der Waals surface area contributed by atoms with Crippen LogP contribution in [0.25, 0.3) is 0 Å². The second-order valence-electron chi connectivity index (χ2n) is 4.88. The van der Waals surface area contributed by atoms with Crippen molar-refractivity contribution in [3.63, 3.8) is 0 Å². The molecule has 108 valence electrons. The zero-order valence-electron chi connectivity index (χ0n) is 11.0. The molecule has 0 aliphatic heterocycles. The predicted octanol–water partition coefficient (Wildman–Crippen LogP) is 1.14. The Labute approximate surface area is 118 Å². The predicted molar refractivity (Wildman–Crippen MR) is 77.9 cm³/mol. The maximum Gasteiger partial charge on any atom is 0.211 e. The van der Waals surface area contributed by atoms with Crippen LogP contribution in [0.3, 0.4) is 0 Å². The molecule has 0 aromatic carbocycles. The van der Waals surface area contributed by atoms with E-state index < -0.39 is 10.0 Å². The first-order valence-electron chi connectivity index (χ1n) is 6.73. The highest BCUT2D eigenvalue weighted by molar-refractivity contribution is 7.89. The van der Waals surface area contributed by atoms with Gasteiger partial charge < -0.3 is 5.32 Å². The van der Waals surface area contributed by atoms with E-state index in [1.165, 1.54) is 24.2 Å². The van der Waals surface area contributed by atoms with Gasteiger partial charge in [0.05, 0.1) is 17.0 Å². The number of rotatable bonds is 10. The van der Waals surface area contributed by atoms with Crippen molar-refractivity contribution in [2.75, 3.05) is 18.8 Å². The number of aromatic nitrogens is 1. The molecule has 0 saturated heterocycles. The van der Waals surface area contributed by atoms with Crippen molar-refractivity contribution in [2.45, 2.75) is 38.1 Å². The van der Waals surface area contributed by atoms with Crippen LogP contribution < -0.4 is 10.0 Å². The number of sulfonamides is 1. The molecular formula is C12H21N3O2S2. The molecule has 2 rings (SSSR count). The Hall–Kier alpha value is -0.500. The zero-order valence-corrected chi connectivity index (χ0v) is 12.6. The van der Waals surface area contributed by atoms with Gasteiger partial charge in [-0.15, -0.1) is 11.3 Å². The molecule has 0 bridgehead atoms. The summed E-state index contributed by atoms with van der Waals surface area (Å²) in [5, 5.41) is 5.32. The van der Waals surface area contributed by atoms with E-state index in [1.54, 1.807) is 5.51 Å². The van der Waals surface area contributed by atoms with Gasteiger partial charge in [-0.05, 0) is 32.2 Å². The minimum atomic E-state index is -3.12. The van der Waals surface area contributed by atoms with Gasteiger partial charge in [0.25, 0.3) is 0 Å². The Morgan fingerprint density at radius 3 is 2.84 bits per heavy atom. The molecule has 1 aliphatic rings. The zero-order chi connectivity index (χ0) is 13.6. The van der Waals surface area contributed by atoms with E-state index in [4.69, 9.17) is 0 Å². The number of thiazole rings is 1. The van der Waals surface area contributed by atoms with Crippen LogP contribution in [0.15, 0.2) is 10.9 Å². The maximum absolute atomic E-state index is 11.7. The molecule has 2 N–H and O–H groups in total. The first-order valence-corrected chi connectivity index (χ1v) is 9.33. The monoisotopic (exact) mass is 303 g/mol. The third kappa shape index (κ3) is 6.47. The SMILES string of the molecule is O=S(=O)(CCCCNC1CC1)NCCc1cscn1. The quantitative estimate of drug-likeness (QED) is 0.636. The van der Waals surface area contributed by atoms with E-state index in [1.807, 2.05) is 5.38 Å². The molecule has 1 aromatic heterocycles. The van der Waals surface area contributed by atoms with Crippen molar-refractivity contribution in [1.29, 1.82) is 0 Å². The normalized spacial score (nSPS) is 15.8. The Kier molecular flexibility index (Phi) is 5.75. The third-order valence-electron chi connectivity index (χ3n) is 3.04. The van der Waals surface area contributed by atoms with Gasteiger partial charge in [-0.2, -0.15) is 0 Å². The number of hydrogen-bond acceptors (Lipinski definition) is 5. The molecule has 5 nitrogen and oxygen atoms in total. The second kappa shape index (κ2) is 7.33. The van der Waals surface area contributed by atoms with Gasteiger partial charge in [-0.1, -0.05) is 0 Å². The molecule has 19 heavy (non-hydrogen) atoms. The van der Waals surface area contributed by atoms with E-state index in [9.17, 15) is 8.42 Å². The molecule has 0 atom stereocenters. The van der Waals surface area contributed by atoms with Crippen LogP contribution in [0.2, 0.25) is 0 Å². The molecular weight excluding hydrogens is 282 g/mol. The van der Waals surface area contributed by atoms with Crippen molar-refractivity contribution >= 4 is 21.4 Å². The lowest BCUT2D eigenvalue weighted by Crippen LogP contribution is -2.29. The lowest BCUT2D eigenvalue weighted by atomic mass is 10.3. The molecule has 1 fully saturated rings. The van der Waals surface area contributed by atoms with Crippen LogP contribution in [0.4, 0.5) is 0 Å². The van der Waals surface area contributed by atoms with Gasteiger partial charge in [-0.25, -0.2) is 18.1 Å². The minimum Gasteiger partial charge on any atom is -0.314 e. The molecule has 0 unspecified atom stereocenters. The van der Waals surface area contributed by atoms with Crippen molar-refractivity contribution in [1.82, 2.24) is 15.0 Å². The van der Waals surface area contributed by atoms with Gasteiger partial charge in [0, 0.05) is 24.4 Å². The van der Waals surface area contributed by atoms with Crippen molar-refractivity contribution in [3.05, 3.63) is 16.6 Å². The summed E-state index contributed by atoms with van der Waals surface area (Å²) in [6.45, 7) is 1.37. The maximum atomic E-state index is 11.7. The minimum absolute atomic E-state index is 0.219. The van der Waals surface area contributed by atoms with Crippen LogP contribution in [0.5, 0.6) is 0 Å². The van der Waals surface area contributed by atoms with Crippen LogP contribution in [-0.2, 0) is 16.4 Å². The smallest absolute Gasteiger partial charge is 0.211 e. The summed E-state index contributed by atoms with van der Waals surface area (Å²) in [5.41, 5.74) is 2.71. The first kappa shape index (κ1) is 14.9. The van der Waals surface area contributed by atoms with Crippen LogP contribution in [-0.4, -0.2) is 38.3 Å². The Balaban J connectivity index is 1.53. The third-order valence-corrected chi connectivity index (χ3v) is 5.14. The van der Waals surface area contributed by atoms with Gasteiger partial charge in [-0.3, -0.25) is 0 Å². The number of hydrogen-bond donors (Lipinski definition) is 2. The summed E-state index contributed by atoms with van der Waals surface area (Å²) < 4.78 is 26.1. The topological polar surface area (TPSA) is 71.1 Å². The Bertz CT molecular complexity index is 455. The fourth-order valence-corrected chi connectivity index (χ4v) is 3.51. The largest absolute Gasteiger partial charge is 0.314 e. The van der Waals surface area contributed by atoms with Crippen LogP contribution in [0, 0.1) is 0 Å². The molecule has 0 amide bonds. The van der Waals surface area contributed by atoms with E-state index in [0.717, 1.165) is 18.7 Å². The number of unbranched alkanes of at least 4 members (excludes halogenated alkanes) is 1. The molecule has 7 heteroatoms. The molecule has 1 heterocycles. The molecule has 1 saturated carbocycles. The van der Waals surface area contributed by atoms with E-state index in [0.29, 0.717) is 25.4 Å². The molecule has 0 spiro atoms. The van der Waals surface area contributed by atoms with Gasteiger partial charge in [0.1, 0.15) is 0 Å². The summed E-state index contributed by atoms with van der Waals surface area (Å²) in [4.78, 5) is 4.12. The first-order chi connectivity index (χ1) is 9.16.